The van der Waals surface area contributed by atoms with E-state index >= 15 is 0 Å². The van der Waals surface area contributed by atoms with Crippen LogP contribution in [0, 0.1) is 6.92 Å². The second kappa shape index (κ2) is 13.8. The van der Waals surface area contributed by atoms with E-state index in [1.165, 1.54) is 11.3 Å². The molecule has 2 aromatic rings. The summed E-state index contributed by atoms with van der Waals surface area (Å²) in [6.45, 7) is 10.1. The molecule has 7 heteroatoms. The first-order chi connectivity index (χ1) is 14.1. The van der Waals surface area contributed by atoms with Gasteiger partial charge in [0.25, 0.3) is 5.91 Å². The number of likely N-dealkylation sites (N-methyl/N-ethyl adjacent to an activating group) is 1. The number of guanidine groups is 1. The van der Waals surface area contributed by atoms with Crippen LogP contribution in [0.25, 0.3) is 0 Å². The van der Waals surface area contributed by atoms with Gasteiger partial charge in [-0.1, -0.05) is 24.3 Å². The first-order valence-electron chi connectivity index (χ1n) is 10.2. The van der Waals surface area contributed by atoms with Crippen LogP contribution in [-0.2, 0) is 6.54 Å². The number of nitrogens with zero attached hydrogens (tertiary/aromatic N) is 2. The van der Waals surface area contributed by atoms with Crippen LogP contribution in [-0.4, -0.2) is 45.1 Å². The molecule has 0 saturated carbocycles. The monoisotopic (exact) mass is 523 g/mol. The van der Waals surface area contributed by atoms with Gasteiger partial charge in [-0.15, -0.1) is 24.0 Å². The number of anilines is 1. The van der Waals surface area contributed by atoms with E-state index in [1.54, 1.807) is 7.05 Å². The van der Waals surface area contributed by atoms with E-state index in [2.05, 4.69) is 64.0 Å². The van der Waals surface area contributed by atoms with Gasteiger partial charge in [0.1, 0.15) is 0 Å². The zero-order chi connectivity index (χ0) is 21.1. The van der Waals surface area contributed by atoms with Crippen LogP contribution in [0.1, 0.15) is 35.3 Å². The largest absolute Gasteiger partial charge is 0.370 e. The highest BCUT2D eigenvalue weighted by Gasteiger charge is 2.06. The highest BCUT2D eigenvalue weighted by atomic mass is 127. The van der Waals surface area contributed by atoms with Crippen molar-refractivity contribution in [3.8, 4) is 0 Å². The average molecular weight is 523 g/mol. The Morgan fingerprint density at radius 1 is 1.03 bits per heavy atom. The van der Waals surface area contributed by atoms with E-state index < -0.39 is 0 Å². The van der Waals surface area contributed by atoms with Gasteiger partial charge in [-0.3, -0.25) is 9.79 Å². The third kappa shape index (κ3) is 8.22. The van der Waals surface area contributed by atoms with Gasteiger partial charge in [-0.25, -0.2) is 0 Å². The fraction of sp³-hybridized carbons (Fsp3) is 0.391. The summed E-state index contributed by atoms with van der Waals surface area (Å²) in [5, 5.41) is 9.49. The van der Waals surface area contributed by atoms with Gasteiger partial charge in [-0.2, -0.15) is 0 Å². The number of aryl methyl sites for hydroxylation is 1. The van der Waals surface area contributed by atoms with Crippen molar-refractivity contribution in [2.24, 2.45) is 4.99 Å². The molecule has 30 heavy (non-hydrogen) atoms. The molecule has 0 radical (unpaired) electrons. The van der Waals surface area contributed by atoms with Gasteiger partial charge in [0, 0.05) is 51.0 Å². The number of nitrogens with one attached hydrogen (secondary N) is 3. The third-order valence-electron chi connectivity index (χ3n) is 4.66. The molecule has 2 rings (SSSR count). The SMILES string of the molecule is CCNC(=O)c1ccc(CNC(=NC)NCCN(CC)c2cccc(C)c2)cc1.I. The number of aliphatic imine (C=N–C) groups is 1. The van der Waals surface area contributed by atoms with Crippen molar-refractivity contribution in [2.75, 3.05) is 38.1 Å². The number of carbonyl (C=O) groups is 1. The predicted octanol–water partition coefficient (Wildman–Crippen LogP) is 3.55. The second-order valence-electron chi connectivity index (χ2n) is 6.83. The van der Waals surface area contributed by atoms with Crippen molar-refractivity contribution in [3.05, 3.63) is 65.2 Å². The molecule has 3 N–H and O–H groups in total. The van der Waals surface area contributed by atoms with Gasteiger partial charge < -0.3 is 20.9 Å². The minimum Gasteiger partial charge on any atom is -0.370 e. The Balaban J connectivity index is 0.00000450. The normalized spacial score (nSPS) is 10.7. The van der Waals surface area contributed by atoms with Crippen LogP contribution < -0.4 is 20.9 Å². The number of carbonyl (C=O) groups excluding carboxylic acids is 1. The molecule has 0 aliphatic heterocycles. The summed E-state index contributed by atoms with van der Waals surface area (Å²) in [4.78, 5) is 18.5. The van der Waals surface area contributed by atoms with Gasteiger partial charge in [0.05, 0.1) is 0 Å². The number of rotatable bonds is 9. The molecule has 0 aliphatic carbocycles. The number of benzene rings is 2. The Labute approximate surface area is 197 Å². The molecule has 2 aromatic carbocycles. The van der Waals surface area contributed by atoms with E-state index in [0.717, 1.165) is 31.2 Å². The van der Waals surface area contributed by atoms with E-state index in [4.69, 9.17) is 0 Å². The predicted molar refractivity (Wildman–Crippen MR) is 137 cm³/mol. The van der Waals surface area contributed by atoms with Crippen molar-refractivity contribution in [1.29, 1.82) is 0 Å². The Morgan fingerprint density at radius 2 is 1.77 bits per heavy atom. The highest BCUT2D eigenvalue weighted by molar-refractivity contribution is 14.0. The molecule has 0 aliphatic rings. The lowest BCUT2D eigenvalue weighted by Crippen LogP contribution is -2.41. The minimum absolute atomic E-state index is 0. The molecular weight excluding hydrogens is 489 g/mol. The summed E-state index contributed by atoms with van der Waals surface area (Å²) in [6.07, 6.45) is 0. The number of halogens is 1. The maximum Gasteiger partial charge on any atom is 0.251 e. The molecule has 0 atom stereocenters. The Kier molecular flexibility index (Phi) is 11.9. The lowest BCUT2D eigenvalue weighted by molar-refractivity contribution is 0.0956. The molecule has 0 heterocycles. The third-order valence-corrected chi connectivity index (χ3v) is 4.66. The molecule has 6 nitrogen and oxygen atoms in total. The van der Waals surface area contributed by atoms with Crippen molar-refractivity contribution >= 4 is 41.5 Å². The summed E-state index contributed by atoms with van der Waals surface area (Å²) < 4.78 is 0. The number of amides is 1. The Morgan fingerprint density at radius 3 is 2.37 bits per heavy atom. The summed E-state index contributed by atoms with van der Waals surface area (Å²) in [7, 11) is 1.77. The van der Waals surface area contributed by atoms with Crippen LogP contribution in [0.15, 0.2) is 53.5 Å². The van der Waals surface area contributed by atoms with Crippen LogP contribution >= 0.6 is 24.0 Å². The quantitative estimate of drug-likeness (QED) is 0.267. The van der Waals surface area contributed by atoms with E-state index in [1.807, 2.05) is 31.2 Å². The van der Waals surface area contributed by atoms with Gasteiger partial charge in [-0.05, 0) is 56.2 Å². The smallest absolute Gasteiger partial charge is 0.251 e. The van der Waals surface area contributed by atoms with E-state index in [-0.39, 0.29) is 29.9 Å². The molecule has 0 bridgehead atoms. The highest BCUT2D eigenvalue weighted by Crippen LogP contribution is 2.14. The van der Waals surface area contributed by atoms with Crippen LogP contribution in [0.4, 0.5) is 5.69 Å². The Hall–Kier alpha value is -2.29. The topological polar surface area (TPSA) is 68.8 Å². The lowest BCUT2D eigenvalue weighted by Gasteiger charge is -2.24. The molecule has 0 aromatic heterocycles. The maximum atomic E-state index is 11.8. The van der Waals surface area contributed by atoms with Gasteiger partial charge in [0.15, 0.2) is 5.96 Å². The molecule has 0 saturated heterocycles. The molecule has 0 fully saturated rings. The zero-order valence-corrected chi connectivity index (χ0v) is 20.7. The lowest BCUT2D eigenvalue weighted by atomic mass is 10.1. The molecule has 1 amide bonds. The molecular formula is C23H34IN5O. The first-order valence-corrected chi connectivity index (χ1v) is 10.2. The molecule has 0 spiro atoms. The molecule has 0 unspecified atom stereocenters. The molecule has 164 valence electrons. The number of hydrogen-bond acceptors (Lipinski definition) is 3. The average Bonchev–Trinajstić information content (AvgIpc) is 2.74. The van der Waals surface area contributed by atoms with Crippen molar-refractivity contribution < 1.29 is 4.79 Å². The van der Waals surface area contributed by atoms with Crippen LogP contribution in [0.2, 0.25) is 0 Å². The first kappa shape index (κ1) is 25.7. The number of hydrogen-bond donors (Lipinski definition) is 3. The standard InChI is InChI=1S/C23H33N5O.HI/c1-5-25-22(29)20-12-10-19(11-13-20)17-27-23(24-4)26-14-15-28(6-2)21-9-7-8-18(3)16-21;/h7-13,16H,5-6,14-15,17H2,1-4H3,(H,25,29)(H2,24,26,27);1H. The summed E-state index contributed by atoms with van der Waals surface area (Å²) in [5.74, 6) is 0.719. The second-order valence-corrected chi connectivity index (χ2v) is 6.83. The van der Waals surface area contributed by atoms with Crippen molar-refractivity contribution in [2.45, 2.75) is 27.3 Å². The van der Waals surface area contributed by atoms with Crippen molar-refractivity contribution in [1.82, 2.24) is 16.0 Å². The van der Waals surface area contributed by atoms with Crippen LogP contribution in [0.3, 0.4) is 0 Å². The van der Waals surface area contributed by atoms with Gasteiger partial charge in [0.2, 0.25) is 0 Å². The van der Waals surface area contributed by atoms with Crippen LogP contribution in [0.5, 0.6) is 0 Å². The Bertz CT molecular complexity index is 807. The van der Waals surface area contributed by atoms with E-state index in [0.29, 0.717) is 18.7 Å². The maximum absolute atomic E-state index is 11.8. The summed E-state index contributed by atoms with van der Waals surface area (Å²) >= 11 is 0. The summed E-state index contributed by atoms with van der Waals surface area (Å²) in [6, 6.07) is 16.2. The fourth-order valence-electron chi connectivity index (χ4n) is 3.05. The van der Waals surface area contributed by atoms with E-state index in [9.17, 15) is 4.79 Å². The zero-order valence-electron chi connectivity index (χ0n) is 18.4. The summed E-state index contributed by atoms with van der Waals surface area (Å²) in [5.41, 5.74) is 4.28. The minimum atomic E-state index is -0.0430. The fourth-order valence-corrected chi connectivity index (χ4v) is 3.05. The van der Waals surface area contributed by atoms with Crippen molar-refractivity contribution in [3.63, 3.8) is 0 Å². The van der Waals surface area contributed by atoms with Gasteiger partial charge >= 0.3 is 0 Å².